The number of rotatable bonds is 5. The molecule has 9 aromatic rings. The fourth-order valence-corrected chi connectivity index (χ4v) is 7.19. The van der Waals surface area contributed by atoms with E-state index in [9.17, 15) is 0 Å². The molecule has 47 heavy (non-hydrogen) atoms. The standard InChI is InChI=1S/C43H32N4/c1-27(2)47-40-21-11-18-35(42(40)46-43(47)36-19-10-17-34-33-16-8-9-20-38(33)45-41(34)36)37-25-31(24-30-14-6-7-15-32(30)37)39-26-29(22-23-44-39)28-12-4-3-5-13-28/h3-27,45H,1-2H3. The van der Waals surface area contributed by atoms with E-state index in [4.69, 9.17) is 9.97 Å². The first-order valence-electron chi connectivity index (χ1n) is 16.2. The van der Waals surface area contributed by atoms with Gasteiger partial charge in [0.25, 0.3) is 0 Å². The van der Waals surface area contributed by atoms with Crippen LogP contribution in [0, 0.1) is 0 Å². The van der Waals surface area contributed by atoms with Gasteiger partial charge in [-0.2, -0.15) is 0 Å². The minimum atomic E-state index is 0.206. The third-order valence-electron chi connectivity index (χ3n) is 9.33. The van der Waals surface area contributed by atoms with E-state index in [0.717, 1.165) is 61.4 Å². The number of fused-ring (bicyclic) bond motifs is 5. The molecule has 0 spiro atoms. The van der Waals surface area contributed by atoms with Gasteiger partial charge in [-0.3, -0.25) is 4.98 Å². The monoisotopic (exact) mass is 604 g/mol. The van der Waals surface area contributed by atoms with E-state index in [0.29, 0.717) is 0 Å². The van der Waals surface area contributed by atoms with E-state index < -0.39 is 0 Å². The van der Waals surface area contributed by atoms with E-state index in [2.05, 4.69) is 163 Å². The number of benzene rings is 6. The second-order valence-electron chi connectivity index (χ2n) is 12.5. The molecule has 0 aliphatic rings. The first kappa shape index (κ1) is 27.3. The number of nitrogens with zero attached hydrogens (tertiary/aromatic N) is 3. The van der Waals surface area contributed by atoms with Gasteiger partial charge in [0.15, 0.2) is 0 Å². The lowest BCUT2D eigenvalue weighted by molar-refractivity contribution is 0.624. The molecule has 0 amide bonds. The van der Waals surface area contributed by atoms with Crippen molar-refractivity contribution < 1.29 is 0 Å². The van der Waals surface area contributed by atoms with Crippen molar-refractivity contribution in [2.45, 2.75) is 19.9 Å². The van der Waals surface area contributed by atoms with Crippen molar-refractivity contribution in [1.29, 1.82) is 0 Å². The predicted molar refractivity (Wildman–Crippen MR) is 197 cm³/mol. The lowest BCUT2D eigenvalue weighted by Gasteiger charge is -2.14. The van der Waals surface area contributed by atoms with Crippen LogP contribution in [0.5, 0.6) is 0 Å². The predicted octanol–water partition coefficient (Wildman–Crippen LogP) is 11.5. The van der Waals surface area contributed by atoms with Gasteiger partial charge < -0.3 is 9.55 Å². The van der Waals surface area contributed by atoms with E-state index >= 15 is 0 Å². The van der Waals surface area contributed by atoms with Crippen LogP contribution in [0.3, 0.4) is 0 Å². The number of aromatic nitrogens is 4. The van der Waals surface area contributed by atoms with E-state index in [1.807, 2.05) is 6.20 Å². The molecule has 6 aromatic carbocycles. The van der Waals surface area contributed by atoms with Gasteiger partial charge in [-0.15, -0.1) is 0 Å². The normalized spacial score (nSPS) is 11.8. The van der Waals surface area contributed by atoms with Crippen molar-refractivity contribution in [2.75, 3.05) is 0 Å². The van der Waals surface area contributed by atoms with Gasteiger partial charge in [0, 0.05) is 45.2 Å². The molecule has 4 heteroatoms. The summed E-state index contributed by atoms with van der Waals surface area (Å²) in [7, 11) is 0. The van der Waals surface area contributed by atoms with Gasteiger partial charge in [0.05, 0.1) is 22.2 Å². The number of para-hydroxylation sites is 3. The summed E-state index contributed by atoms with van der Waals surface area (Å²) < 4.78 is 2.38. The van der Waals surface area contributed by atoms with E-state index in [1.54, 1.807) is 0 Å². The summed E-state index contributed by atoms with van der Waals surface area (Å²) in [5.74, 6) is 0.970. The molecular formula is C43H32N4. The smallest absolute Gasteiger partial charge is 0.143 e. The third-order valence-corrected chi connectivity index (χ3v) is 9.33. The molecule has 0 saturated carbocycles. The molecule has 3 aromatic heterocycles. The molecular weight excluding hydrogens is 573 g/mol. The molecule has 0 atom stereocenters. The lowest BCUT2D eigenvalue weighted by Crippen LogP contribution is -2.03. The maximum absolute atomic E-state index is 5.49. The Morgan fingerprint density at radius 3 is 2.19 bits per heavy atom. The van der Waals surface area contributed by atoms with Gasteiger partial charge >= 0.3 is 0 Å². The summed E-state index contributed by atoms with van der Waals surface area (Å²) in [5, 5.41) is 4.81. The lowest BCUT2D eigenvalue weighted by atomic mass is 9.93. The zero-order chi connectivity index (χ0) is 31.5. The van der Waals surface area contributed by atoms with Crippen LogP contribution >= 0.6 is 0 Å². The highest BCUT2D eigenvalue weighted by molar-refractivity contribution is 6.12. The topological polar surface area (TPSA) is 46.5 Å². The van der Waals surface area contributed by atoms with E-state index in [-0.39, 0.29) is 6.04 Å². The van der Waals surface area contributed by atoms with Gasteiger partial charge in [-0.1, -0.05) is 97.1 Å². The Hall–Kier alpha value is -6.00. The highest BCUT2D eigenvalue weighted by atomic mass is 15.1. The fraction of sp³-hybridized carbons (Fsp3) is 0.0698. The number of hydrogen-bond acceptors (Lipinski definition) is 2. The minimum absolute atomic E-state index is 0.206. The van der Waals surface area contributed by atoms with Gasteiger partial charge in [0.1, 0.15) is 5.82 Å². The Balaban J connectivity index is 1.28. The number of aromatic amines is 1. The second kappa shape index (κ2) is 10.8. The number of pyridine rings is 1. The molecule has 3 heterocycles. The van der Waals surface area contributed by atoms with Gasteiger partial charge in [0.2, 0.25) is 0 Å². The molecule has 0 unspecified atom stereocenters. The number of H-pyrrole nitrogens is 1. The van der Waals surface area contributed by atoms with Crippen LogP contribution in [0.25, 0.3) is 88.5 Å². The Labute approximate surface area is 273 Å². The summed E-state index contributed by atoms with van der Waals surface area (Å²) in [6.07, 6.45) is 1.91. The molecule has 0 radical (unpaired) electrons. The minimum Gasteiger partial charge on any atom is -0.354 e. The average molecular weight is 605 g/mol. The summed E-state index contributed by atoms with van der Waals surface area (Å²) >= 11 is 0. The number of imidazole rings is 1. The van der Waals surface area contributed by atoms with Crippen molar-refractivity contribution in [3.8, 4) is 44.9 Å². The Morgan fingerprint density at radius 1 is 0.574 bits per heavy atom. The highest BCUT2D eigenvalue weighted by Gasteiger charge is 2.21. The van der Waals surface area contributed by atoms with Gasteiger partial charge in [-0.25, -0.2) is 4.98 Å². The summed E-state index contributed by atoms with van der Waals surface area (Å²) in [6, 6.07) is 49.8. The van der Waals surface area contributed by atoms with Crippen molar-refractivity contribution in [3.63, 3.8) is 0 Å². The average Bonchev–Trinajstić information content (AvgIpc) is 3.71. The SMILES string of the molecule is CC(C)n1c(-c2cccc3c2[nH]c2ccccc23)nc2c(-c3cc(-c4cc(-c5ccccc5)ccn4)cc4ccccc34)cccc21. The maximum Gasteiger partial charge on any atom is 0.143 e. The van der Waals surface area contributed by atoms with Crippen molar-refractivity contribution in [1.82, 2.24) is 19.5 Å². The zero-order valence-corrected chi connectivity index (χ0v) is 26.3. The molecule has 0 fully saturated rings. The van der Waals surface area contributed by atoms with Crippen LogP contribution in [0.1, 0.15) is 19.9 Å². The fourth-order valence-electron chi connectivity index (χ4n) is 7.19. The van der Waals surface area contributed by atoms with Crippen molar-refractivity contribution in [3.05, 3.63) is 146 Å². The number of nitrogens with one attached hydrogen (secondary N) is 1. The molecule has 0 aliphatic heterocycles. The molecule has 224 valence electrons. The van der Waals surface area contributed by atoms with E-state index in [1.165, 1.54) is 27.1 Å². The summed E-state index contributed by atoms with van der Waals surface area (Å²) in [4.78, 5) is 14.0. The first-order valence-corrected chi connectivity index (χ1v) is 16.2. The van der Waals surface area contributed by atoms with Gasteiger partial charge in [-0.05, 0) is 83.8 Å². The largest absolute Gasteiger partial charge is 0.354 e. The molecule has 0 saturated heterocycles. The second-order valence-corrected chi connectivity index (χ2v) is 12.5. The zero-order valence-electron chi connectivity index (χ0n) is 26.3. The Bertz CT molecular complexity index is 2610. The van der Waals surface area contributed by atoms with Crippen LogP contribution in [0.2, 0.25) is 0 Å². The van der Waals surface area contributed by atoms with Crippen molar-refractivity contribution >= 4 is 43.6 Å². The van der Waals surface area contributed by atoms with Crippen LogP contribution in [-0.2, 0) is 0 Å². The third kappa shape index (κ3) is 4.44. The molecule has 9 rings (SSSR count). The maximum atomic E-state index is 5.49. The van der Waals surface area contributed by atoms with Crippen LogP contribution in [0.4, 0.5) is 0 Å². The molecule has 1 N–H and O–H groups in total. The quantitative estimate of drug-likeness (QED) is 0.212. The molecule has 0 aliphatic carbocycles. The first-order chi connectivity index (χ1) is 23.1. The summed E-state index contributed by atoms with van der Waals surface area (Å²) in [6.45, 7) is 4.48. The van der Waals surface area contributed by atoms with Crippen LogP contribution < -0.4 is 0 Å². The van der Waals surface area contributed by atoms with Crippen LogP contribution in [-0.4, -0.2) is 19.5 Å². The molecule has 4 nitrogen and oxygen atoms in total. The number of hydrogen-bond donors (Lipinski definition) is 1. The summed E-state index contributed by atoms with van der Waals surface area (Å²) in [5.41, 5.74) is 12.1. The molecule has 0 bridgehead atoms. The van der Waals surface area contributed by atoms with Crippen molar-refractivity contribution in [2.24, 2.45) is 0 Å². The Kier molecular flexibility index (Phi) is 6.29. The highest BCUT2D eigenvalue weighted by Crippen LogP contribution is 2.41. The van der Waals surface area contributed by atoms with Crippen LogP contribution in [0.15, 0.2) is 146 Å². The Morgan fingerprint density at radius 2 is 1.32 bits per heavy atom.